The minimum absolute atomic E-state index is 0.0889. The van der Waals surface area contributed by atoms with Gasteiger partial charge < -0.3 is 4.90 Å². The Labute approximate surface area is 113 Å². The van der Waals surface area contributed by atoms with E-state index >= 15 is 0 Å². The van der Waals surface area contributed by atoms with E-state index in [-0.39, 0.29) is 11.6 Å². The Kier molecular flexibility index (Phi) is 5.41. The zero-order valence-corrected chi connectivity index (χ0v) is 11.8. The summed E-state index contributed by atoms with van der Waals surface area (Å²) in [5, 5.41) is 10.8. The van der Waals surface area contributed by atoms with E-state index < -0.39 is 4.92 Å². The number of nitro groups is 1. The van der Waals surface area contributed by atoms with Crippen LogP contribution in [0.3, 0.4) is 0 Å². The van der Waals surface area contributed by atoms with Crippen molar-refractivity contribution in [1.82, 2.24) is 0 Å². The average Bonchev–Trinajstić information content (AvgIpc) is 2.34. The van der Waals surface area contributed by atoms with Crippen LogP contribution in [0.25, 0.3) is 0 Å². The fourth-order valence-electron chi connectivity index (χ4n) is 1.68. The average molecular weight is 271 g/mol. The van der Waals surface area contributed by atoms with Crippen LogP contribution >= 0.6 is 11.6 Å². The van der Waals surface area contributed by atoms with Crippen molar-refractivity contribution < 1.29 is 4.92 Å². The molecule has 1 aromatic carbocycles. The molecule has 18 heavy (non-hydrogen) atoms. The predicted molar refractivity (Wildman–Crippen MR) is 75.4 cm³/mol. The van der Waals surface area contributed by atoms with Gasteiger partial charge in [-0.05, 0) is 24.5 Å². The minimum Gasteiger partial charge on any atom is -0.375 e. The molecule has 0 N–H and O–H groups in total. The lowest BCUT2D eigenvalue weighted by Gasteiger charge is -2.20. The Morgan fingerprint density at radius 3 is 2.61 bits per heavy atom. The molecule has 0 atom stereocenters. The summed E-state index contributed by atoms with van der Waals surface area (Å²) in [5.41, 5.74) is 1.62. The highest BCUT2D eigenvalue weighted by molar-refractivity contribution is 6.17. The topological polar surface area (TPSA) is 46.4 Å². The van der Waals surface area contributed by atoms with Crippen LogP contribution in [0.2, 0.25) is 0 Å². The Bertz CT molecular complexity index is 421. The van der Waals surface area contributed by atoms with Crippen molar-refractivity contribution >= 4 is 23.0 Å². The van der Waals surface area contributed by atoms with E-state index in [4.69, 9.17) is 11.6 Å². The molecular weight excluding hydrogens is 252 g/mol. The number of halogens is 1. The van der Waals surface area contributed by atoms with Gasteiger partial charge in [0, 0.05) is 30.9 Å². The highest BCUT2D eigenvalue weighted by Gasteiger charge is 2.14. The normalized spacial score (nSPS) is 10.7. The van der Waals surface area contributed by atoms with E-state index in [1.54, 1.807) is 12.1 Å². The number of nitro benzene ring substituents is 1. The van der Waals surface area contributed by atoms with Crippen molar-refractivity contribution in [1.29, 1.82) is 0 Å². The van der Waals surface area contributed by atoms with Crippen LogP contribution in [0.4, 0.5) is 11.4 Å². The van der Waals surface area contributed by atoms with Gasteiger partial charge in [0.05, 0.1) is 10.8 Å². The summed E-state index contributed by atoms with van der Waals surface area (Å²) in [4.78, 5) is 12.5. The summed E-state index contributed by atoms with van der Waals surface area (Å²) < 4.78 is 0. The van der Waals surface area contributed by atoms with E-state index in [0.29, 0.717) is 11.5 Å². The number of rotatable bonds is 6. The molecule has 0 saturated heterocycles. The molecule has 0 unspecified atom stereocenters. The number of hydrogen-bond acceptors (Lipinski definition) is 3. The van der Waals surface area contributed by atoms with Crippen LogP contribution in [-0.2, 0) is 5.88 Å². The Morgan fingerprint density at radius 1 is 1.44 bits per heavy atom. The third-order valence-electron chi connectivity index (χ3n) is 2.89. The van der Waals surface area contributed by atoms with Crippen LogP contribution in [0.1, 0.15) is 25.8 Å². The van der Waals surface area contributed by atoms with Gasteiger partial charge in [0.1, 0.15) is 0 Å². The zero-order chi connectivity index (χ0) is 13.7. The minimum atomic E-state index is -0.393. The first-order chi connectivity index (χ1) is 8.45. The van der Waals surface area contributed by atoms with Crippen LogP contribution in [-0.4, -0.2) is 18.5 Å². The maximum absolute atomic E-state index is 10.8. The second-order valence-corrected chi connectivity index (χ2v) is 5.08. The van der Waals surface area contributed by atoms with Gasteiger partial charge in [0.2, 0.25) is 0 Å². The molecule has 1 aromatic rings. The zero-order valence-electron chi connectivity index (χ0n) is 11.0. The Morgan fingerprint density at radius 2 is 2.11 bits per heavy atom. The van der Waals surface area contributed by atoms with Crippen molar-refractivity contribution in [3.8, 4) is 0 Å². The number of hydrogen-bond donors (Lipinski definition) is 0. The maximum Gasteiger partial charge on any atom is 0.273 e. The SMILES string of the molecule is CC(C)CCN(C)c1ccc([N+](=O)[O-])c(CCl)c1. The molecule has 0 fully saturated rings. The van der Waals surface area contributed by atoms with Crippen molar-refractivity contribution in [2.75, 3.05) is 18.5 Å². The van der Waals surface area contributed by atoms with Gasteiger partial charge >= 0.3 is 0 Å². The van der Waals surface area contributed by atoms with E-state index in [1.807, 2.05) is 7.05 Å². The van der Waals surface area contributed by atoms with Crippen molar-refractivity contribution in [3.05, 3.63) is 33.9 Å². The van der Waals surface area contributed by atoms with Crippen molar-refractivity contribution in [2.24, 2.45) is 5.92 Å². The lowest BCUT2D eigenvalue weighted by atomic mass is 10.1. The number of alkyl halides is 1. The summed E-state index contributed by atoms with van der Waals surface area (Å²) >= 11 is 5.76. The second kappa shape index (κ2) is 6.59. The summed E-state index contributed by atoms with van der Waals surface area (Å²) in [5.74, 6) is 0.792. The quantitative estimate of drug-likeness (QED) is 0.448. The van der Waals surface area contributed by atoms with Gasteiger partial charge in [-0.15, -0.1) is 11.6 Å². The summed E-state index contributed by atoms with van der Waals surface area (Å²) in [6.45, 7) is 5.28. The van der Waals surface area contributed by atoms with Crippen LogP contribution in [0.15, 0.2) is 18.2 Å². The van der Waals surface area contributed by atoms with E-state index in [9.17, 15) is 10.1 Å². The molecule has 0 heterocycles. The summed E-state index contributed by atoms with van der Waals surface area (Å²) in [6, 6.07) is 5.10. The van der Waals surface area contributed by atoms with E-state index in [1.165, 1.54) is 6.07 Å². The Balaban J connectivity index is 2.87. The fraction of sp³-hybridized carbons (Fsp3) is 0.538. The molecule has 100 valence electrons. The molecule has 0 amide bonds. The van der Waals surface area contributed by atoms with Gasteiger partial charge in [-0.3, -0.25) is 10.1 Å². The molecule has 0 bridgehead atoms. The largest absolute Gasteiger partial charge is 0.375 e. The third-order valence-corrected chi connectivity index (χ3v) is 3.17. The fourth-order valence-corrected chi connectivity index (χ4v) is 1.89. The van der Waals surface area contributed by atoms with Gasteiger partial charge in [0.25, 0.3) is 5.69 Å². The summed E-state index contributed by atoms with van der Waals surface area (Å²) in [6.07, 6.45) is 1.09. The van der Waals surface area contributed by atoms with Gasteiger partial charge in [-0.2, -0.15) is 0 Å². The van der Waals surface area contributed by atoms with Crippen molar-refractivity contribution in [2.45, 2.75) is 26.1 Å². The van der Waals surface area contributed by atoms with Crippen molar-refractivity contribution in [3.63, 3.8) is 0 Å². The lowest BCUT2D eigenvalue weighted by molar-refractivity contribution is -0.385. The summed E-state index contributed by atoms with van der Waals surface area (Å²) in [7, 11) is 1.99. The molecule has 5 heteroatoms. The van der Waals surface area contributed by atoms with Crippen LogP contribution in [0, 0.1) is 16.0 Å². The molecule has 1 rings (SSSR count). The lowest BCUT2D eigenvalue weighted by Crippen LogP contribution is -2.20. The molecule has 0 aromatic heterocycles. The molecule has 0 spiro atoms. The molecule has 0 aliphatic heterocycles. The third kappa shape index (κ3) is 3.88. The smallest absolute Gasteiger partial charge is 0.273 e. The predicted octanol–water partition coefficient (Wildman–Crippen LogP) is 3.82. The number of nitrogens with zero attached hydrogens (tertiary/aromatic N) is 2. The molecule has 0 aliphatic carbocycles. The van der Waals surface area contributed by atoms with Crippen LogP contribution in [0.5, 0.6) is 0 Å². The molecular formula is C13H19ClN2O2. The van der Waals surface area contributed by atoms with Gasteiger partial charge in [-0.25, -0.2) is 0 Å². The second-order valence-electron chi connectivity index (χ2n) is 4.81. The standard InChI is InChI=1S/C13H19ClN2O2/c1-10(2)6-7-15(3)12-4-5-13(16(17)18)11(8-12)9-14/h4-5,8,10H,6-7,9H2,1-3H3. The molecule has 0 aliphatic rings. The first-order valence-electron chi connectivity index (χ1n) is 6.00. The van der Waals surface area contributed by atoms with Gasteiger partial charge in [-0.1, -0.05) is 13.8 Å². The molecule has 4 nitrogen and oxygen atoms in total. The highest BCUT2D eigenvalue weighted by Crippen LogP contribution is 2.26. The molecule has 0 saturated carbocycles. The first-order valence-corrected chi connectivity index (χ1v) is 6.53. The highest BCUT2D eigenvalue weighted by atomic mass is 35.5. The maximum atomic E-state index is 10.8. The number of benzene rings is 1. The Hall–Kier alpha value is -1.29. The van der Waals surface area contributed by atoms with Crippen LogP contribution < -0.4 is 4.90 Å². The van der Waals surface area contributed by atoms with E-state index in [0.717, 1.165) is 18.7 Å². The van der Waals surface area contributed by atoms with E-state index in [2.05, 4.69) is 18.7 Å². The van der Waals surface area contributed by atoms with Gasteiger partial charge in [0.15, 0.2) is 0 Å². The monoisotopic (exact) mass is 270 g/mol. The first kappa shape index (κ1) is 14.8. The molecule has 0 radical (unpaired) electrons. The number of anilines is 1.